The fraction of sp³-hybridized carbons (Fsp3) is 0.600. The Kier molecular flexibility index (Phi) is 9.11. The highest BCUT2D eigenvalue weighted by Gasteiger charge is 2.42. The first-order chi connectivity index (χ1) is 14.2. The summed E-state index contributed by atoms with van der Waals surface area (Å²) in [5, 5.41) is 0. The fourth-order valence-corrected chi connectivity index (χ4v) is 5.24. The zero-order valence-electron chi connectivity index (χ0n) is 17.7. The van der Waals surface area contributed by atoms with E-state index in [1.54, 1.807) is 24.1 Å². The highest BCUT2D eigenvalue weighted by Crippen LogP contribution is 2.24. The summed E-state index contributed by atoms with van der Waals surface area (Å²) in [7, 11) is -0.969. The predicted molar refractivity (Wildman–Crippen MR) is 118 cm³/mol. The number of ether oxygens (including phenoxy) is 1. The summed E-state index contributed by atoms with van der Waals surface area (Å²) in [6.07, 6.45) is 4.21. The molecule has 0 bridgehead atoms. The number of sulfonamides is 1. The van der Waals surface area contributed by atoms with Crippen molar-refractivity contribution in [1.82, 2.24) is 14.1 Å². The van der Waals surface area contributed by atoms with Crippen molar-refractivity contribution in [2.24, 2.45) is 0 Å². The normalized spacial score (nSPS) is 17.6. The molecule has 1 heterocycles. The number of hydrogen-bond acceptors (Lipinski definition) is 5. The van der Waals surface area contributed by atoms with Crippen molar-refractivity contribution in [2.45, 2.75) is 43.5 Å². The third-order valence-corrected chi connectivity index (χ3v) is 7.62. The van der Waals surface area contributed by atoms with Gasteiger partial charge in [0, 0.05) is 37.7 Å². The van der Waals surface area contributed by atoms with Gasteiger partial charge in [0.1, 0.15) is 6.04 Å². The summed E-state index contributed by atoms with van der Waals surface area (Å²) in [4.78, 5) is 28.5. The number of nitrogens with zero attached hydrogens (tertiary/aromatic N) is 3. The van der Waals surface area contributed by atoms with Gasteiger partial charge in [-0.3, -0.25) is 4.79 Å². The molecular weight excluding hydrogens is 474 g/mol. The smallest absolute Gasteiger partial charge is 0.326 e. The van der Waals surface area contributed by atoms with Gasteiger partial charge in [0.2, 0.25) is 10.0 Å². The van der Waals surface area contributed by atoms with Crippen molar-refractivity contribution in [1.29, 1.82) is 0 Å². The second-order valence-corrected chi connectivity index (χ2v) is 10.1. The zero-order chi connectivity index (χ0) is 22.3. The summed E-state index contributed by atoms with van der Waals surface area (Å²) in [6.45, 7) is 2.94. The van der Waals surface area contributed by atoms with E-state index in [9.17, 15) is 18.0 Å². The predicted octanol–water partition coefficient (Wildman–Crippen LogP) is 2.93. The van der Waals surface area contributed by atoms with Crippen LogP contribution in [0.3, 0.4) is 0 Å². The van der Waals surface area contributed by atoms with E-state index in [-0.39, 0.29) is 30.6 Å². The van der Waals surface area contributed by atoms with E-state index in [1.165, 1.54) is 24.1 Å². The van der Waals surface area contributed by atoms with Crippen LogP contribution >= 0.6 is 15.9 Å². The Hall–Kier alpha value is -1.65. The number of amides is 2. The molecule has 2 rings (SSSR count). The summed E-state index contributed by atoms with van der Waals surface area (Å²) in [5.41, 5.74) is 0. The average molecular weight is 504 g/mol. The maximum absolute atomic E-state index is 13.1. The lowest BCUT2D eigenvalue weighted by Crippen LogP contribution is -2.61. The molecule has 1 saturated heterocycles. The minimum atomic E-state index is -3.91. The van der Waals surface area contributed by atoms with E-state index in [1.807, 2.05) is 0 Å². The van der Waals surface area contributed by atoms with Crippen LogP contribution in [-0.4, -0.2) is 80.9 Å². The standard InChI is InChI=1S/C20H30BrN3O5S/c1-4-5-6-7-12-22(2)20(26)23-13-14-24(18(15-23)19(25)29-3)30(27,28)17-10-8-16(21)9-11-17/h8-11,18H,4-7,12-15H2,1-3H3. The molecule has 10 heteroatoms. The Morgan fingerprint density at radius 3 is 2.43 bits per heavy atom. The lowest BCUT2D eigenvalue weighted by atomic mass is 10.2. The van der Waals surface area contributed by atoms with Crippen LogP contribution in [0.2, 0.25) is 0 Å². The third-order valence-electron chi connectivity index (χ3n) is 5.17. The number of hydrogen-bond donors (Lipinski definition) is 0. The van der Waals surface area contributed by atoms with Crippen molar-refractivity contribution in [3.05, 3.63) is 28.7 Å². The minimum absolute atomic E-state index is 0.0214. The molecule has 1 aromatic carbocycles. The molecule has 2 amide bonds. The van der Waals surface area contributed by atoms with E-state index in [0.29, 0.717) is 6.54 Å². The maximum atomic E-state index is 13.1. The van der Waals surface area contributed by atoms with E-state index in [2.05, 4.69) is 22.9 Å². The van der Waals surface area contributed by atoms with Crippen LogP contribution in [-0.2, 0) is 19.6 Å². The van der Waals surface area contributed by atoms with Crippen molar-refractivity contribution < 1.29 is 22.7 Å². The number of carbonyl (C=O) groups excluding carboxylic acids is 2. The molecule has 8 nitrogen and oxygen atoms in total. The summed E-state index contributed by atoms with van der Waals surface area (Å²) < 4.78 is 33.0. The van der Waals surface area contributed by atoms with Crippen LogP contribution in [0.4, 0.5) is 4.79 Å². The number of methoxy groups -OCH3 is 1. The van der Waals surface area contributed by atoms with Gasteiger partial charge < -0.3 is 14.5 Å². The maximum Gasteiger partial charge on any atom is 0.326 e. The molecule has 1 aliphatic rings. The van der Waals surface area contributed by atoms with Gasteiger partial charge in [0.25, 0.3) is 0 Å². The van der Waals surface area contributed by atoms with Crippen LogP contribution in [0.1, 0.15) is 32.6 Å². The van der Waals surface area contributed by atoms with E-state index in [0.717, 1.165) is 34.5 Å². The lowest BCUT2D eigenvalue weighted by molar-refractivity contribution is -0.146. The Bertz CT molecular complexity index is 831. The number of urea groups is 1. The summed E-state index contributed by atoms with van der Waals surface area (Å²) in [5.74, 6) is -0.682. The fourth-order valence-electron chi connectivity index (χ4n) is 3.41. The lowest BCUT2D eigenvalue weighted by Gasteiger charge is -2.40. The molecule has 0 N–H and O–H groups in total. The van der Waals surface area contributed by atoms with E-state index >= 15 is 0 Å². The molecule has 0 aliphatic carbocycles. The average Bonchev–Trinajstić information content (AvgIpc) is 2.75. The van der Waals surface area contributed by atoms with Crippen LogP contribution in [0.5, 0.6) is 0 Å². The molecule has 30 heavy (non-hydrogen) atoms. The summed E-state index contributed by atoms with van der Waals surface area (Å²) >= 11 is 3.29. The molecular formula is C20H30BrN3O5S. The molecule has 168 valence electrons. The number of carbonyl (C=O) groups is 2. The van der Waals surface area contributed by atoms with Gasteiger partial charge in [-0.2, -0.15) is 4.31 Å². The largest absolute Gasteiger partial charge is 0.468 e. The number of rotatable bonds is 8. The number of unbranched alkanes of at least 4 members (excludes halogenated alkanes) is 3. The Labute approximate surface area is 187 Å². The van der Waals surface area contributed by atoms with Crippen molar-refractivity contribution >= 4 is 38.0 Å². The van der Waals surface area contributed by atoms with Gasteiger partial charge in [-0.15, -0.1) is 0 Å². The van der Waals surface area contributed by atoms with Crippen molar-refractivity contribution in [2.75, 3.05) is 40.3 Å². The molecule has 0 aromatic heterocycles. The first-order valence-electron chi connectivity index (χ1n) is 10.1. The van der Waals surface area contributed by atoms with E-state index < -0.39 is 22.0 Å². The monoisotopic (exact) mass is 503 g/mol. The molecule has 0 saturated carbocycles. The topological polar surface area (TPSA) is 87.2 Å². The molecule has 1 fully saturated rings. The number of piperazine rings is 1. The third kappa shape index (κ3) is 5.95. The minimum Gasteiger partial charge on any atom is -0.468 e. The van der Waals surface area contributed by atoms with Crippen LogP contribution in [0.15, 0.2) is 33.6 Å². The molecule has 0 spiro atoms. The van der Waals surface area contributed by atoms with Crippen LogP contribution in [0.25, 0.3) is 0 Å². The van der Waals surface area contributed by atoms with Gasteiger partial charge in [0.05, 0.1) is 12.0 Å². The Morgan fingerprint density at radius 1 is 1.17 bits per heavy atom. The number of benzene rings is 1. The number of halogens is 1. The molecule has 1 atom stereocenters. The molecule has 1 unspecified atom stereocenters. The SMILES string of the molecule is CCCCCCN(C)C(=O)N1CCN(S(=O)(=O)c2ccc(Br)cc2)C(C(=O)OC)C1. The van der Waals surface area contributed by atoms with Gasteiger partial charge in [0.15, 0.2) is 0 Å². The highest BCUT2D eigenvalue weighted by molar-refractivity contribution is 9.10. The second kappa shape index (κ2) is 11.1. The first-order valence-corrected chi connectivity index (χ1v) is 12.3. The van der Waals surface area contributed by atoms with Crippen LogP contribution in [0, 0.1) is 0 Å². The van der Waals surface area contributed by atoms with E-state index in [4.69, 9.17) is 4.74 Å². The Morgan fingerprint density at radius 2 is 1.83 bits per heavy atom. The molecule has 0 radical (unpaired) electrons. The highest BCUT2D eigenvalue weighted by atomic mass is 79.9. The quantitative estimate of drug-likeness (QED) is 0.402. The van der Waals surface area contributed by atoms with Gasteiger partial charge in [-0.05, 0) is 30.7 Å². The molecule has 1 aromatic rings. The summed E-state index contributed by atoms with van der Waals surface area (Å²) in [6, 6.07) is 4.93. The van der Waals surface area contributed by atoms with Gasteiger partial charge in [-0.25, -0.2) is 13.2 Å². The van der Waals surface area contributed by atoms with Gasteiger partial charge >= 0.3 is 12.0 Å². The zero-order valence-corrected chi connectivity index (χ0v) is 20.1. The van der Waals surface area contributed by atoms with Crippen molar-refractivity contribution in [3.63, 3.8) is 0 Å². The first kappa shape index (κ1) is 24.6. The second-order valence-electron chi connectivity index (χ2n) is 7.32. The molecule has 1 aliphatic heterocycles. The van der Waals surface area contributed by atoms with Crippen LogP contribution < -0.4 is 0 Å². The van der Waals surface area contributed by atoms with Gasteiger partial charge in [-0.1, -0.05) is 42.1 Å². The van der Waals surface area contributed by atoms with Crippen molar-refractivity contribution in [3.8, 4) is 0 Å². The number of esters is 1. The Balaban J connectivity index is 2.14.